The standard InChI is InChI=1S/C19H19FN6O3S/c1-10-14-15(23-19(28)29-3)22-16(17-21-11(2)24-30-17)26(14)9-8-25(10)18(27)12-4-6-13(20)7-5-12/h4-7,10H,8-9H2,1-3H3,(H,23,28)/t10-/m1/s1. The van der Waals surface area contributed by atoms with E-state index < -0.39 is 18.0 Å². The Labute approximate surface area is 175 Å². The third-order valence-corrected chi connectivity index (χ3v) is 5.71. The first-order chi connectivity index (χ1) is 14.4. The van der Waals surface area contributed by atoms with Gasteiger partial charge in [-0.2, -0.15) is 4.37 Å². The van der Waals surface area contributed by atoms with E-state index in [1.807, 2.05) is 11.5 Å². The van der Waals surface area contributed by atoms with Crippen molar-refractivity contribution >= 4 is 29.4 Å². The molecule has 0 saturated heterocycles. The predicted octanol–water partition coefficient (Wildman–Crippen LogP) is 3.24. The lowest BCUT2D eigenvalue weighted by atomic mass is 10.1. The Morgan fingerprint density at radius 1 is 1.23 bits per heavy atom. The molecule has 0 spiro atoms. The molecule has 2 amide bonds. The minimum Gasteiger partial charge on any atom is -0.453 e. The predicted molar refractivity (Wildman–Crippen MR) is 108 cm³/mol. The molecule has 3 heterocycles. The number of hydrogen-bond donors (Lipinski definition) is 1. The molecule has 9 nitrogen and oxygen atoms in total. The Morgan fingerprint density at radius 3 is 2.60 bits per heavy atom. The quantitative estimate of drug-likeness (QED) is 0.684. The third kappa shape index (κ3) is 3.52. The van der Waals surface area contributed by atoms with Gasteiger partial charge in [-0.05, 0) is 49.6 Å². The second kappa shape index (κ2) is 7.82. The summed E-state index contributed by atoms with van der Waals surface area (Å²) in [5.41, 5.74) is 1.05. The van der Waals surface area contributed by atoms with Crippen LogP contribution in [0.15, 0.2) is 24.3 Å². The lowest BCUT2D eigenvalue weighted by Gasteiger charge is -2.35. The van der Waals surface area contributed by atoms with Crippen LogP contribution in [0.3, 0.4) is 0 Å². The van der Waals surface area contributed by atoms with Crippen LogP contribution in [0.2, 0.25) is 0 Å². The van der Waals surface area contributed by atoms with Gasteiger partial charge in [0.05, 0.1) is 18.8 Å². The summed E-state index contributed by atoms with van der Waals surface area (Å²) >= 11 is 1.22. The van der Waals surface area contributed by atoms with E-state index in [9.17, 15) is 14.0 Å². The van der Waals surface area contributed by atoms with Gasteiger partial charge >= 0.3 is 6.09 Å². The number of imidazole rings is 1. The number of methoxy groups -OCH3 is 1. The number of carbonyl (C=O) groups excluding carboxylic acids is 2. The summed E-state index contributed by atoms with van der Waals surface area (Å²) in [7, 11) is 1.26. The largest absolute Gasteiger partial charge is 0.453 e. The summed E-state index contributed by atoms with van der Waals surface area (Å²) in [6, 6.07) is 5.02. The molecule has 1 aromatic carbocycles. The highest BCUT2D eigenvalue weighted by molar-refractivity contribution is 7.09. The number of anilines is 1. The maximum atomic E-state index is 13.2. The molecule has 156 valence electrons. The van der Waals surface area contributed by atoms with Crippen molar-refractivity contribution in [2.24, 2.45) is 0 Å². The first kappa shape index (κ1) is 20.0. The molecule has 0 fully saturated rings. The van der Waals surface area contributed by atoms with Gasteiger partial charge in [-0.15, -0.1) is 0 Å². The number of nitrogens with one attached hydrogen (secondary N) is 1. The molecule has 0 saturated carbocycles. The van der Waals surface area contributed by atoms with E-state index in [0.29, 0.717) is 46.8 Å². The van der Waals surface area contributed by atoms with E-state index >= 15 is 0 Å². The SMILES string of the molecule is COC(=O)Nc1nc(-c2nc(C)ns2)n2c1[C@@H](C)N(C(=O)c1ccc(F)cc1)CC2. The van der Waals surface area contributed by atoms with E-state index in [1.165, 1.54) is 42.9 Å². The van der Waals surface area contributed by atoms with Crippen molar-refractivity contribution in [2.75, 3.05) is 19.0 Å². The first-order valence-electron chi connectivity index (χ1n) is 9.21. The zero-order valence-electron chi connectivity index (χ0n) is 16.5. The second-order valence-corrected chi connectivity index (χ2v) is 7.52. The average molecular weight is 430 g/mol. The molecule has 30 heavy (non-hydrogen) atoms. The first-order valence-corrected chi connectivity index (χ1v) is 9.99. The fraction of sp³-hybridized carbons (Fsp3) is 0.316. The smallest absolute Gasteiger partial charge is 0.412 e. The molecule has 3 aromatic rings. The number of ether oxygens (including phenoxy) is 1. The lowest BCUT2D eigenvalue weighted by Crippen LogP contribution is -2.41. The molecule has 1 aliphatic rings. The highest BCUT2D eigenvalue weighted by Crippen LogP contribution is 2.36. The molecule has 1 N–H and O–H groups in total. The summed E-state index contributed by atoms with van der Waals surface area (Å²) < 4.78 is 24.1. The van der Waals surface area contributed by atoms with Crippen LogP contribution in [0.4, 0.5) is 15.0 Å². The summed E-state index contributed by atoms with van der Waals surface area (Å²) in [6.07, 6.45) is -0.662. The molecule has 0 bridgehead atoms. The Bertz CT molecular complexity index is 1110. The van der Waals surface area contributed by atoms with E-state index in [1.54, 1.807) is 11.8 Å². The number of aryl methyl sites for hydroxylation is 1. The normalized spacial score (nSPS) is 15.6. The lowest BCUT2D eigenvalue weighted by molar-refractivity contribution is 0.0646. The average Bonchev–Trinajstić information content (AvgIpc) is 3.32. The number of benzene rings is 1. The van der Waals surface area contributed by atoms with Crippen LogP contribution in [0, 0.1) is 12.7 Å². The van der Waals surface area contributed by atoms with Crippen LogP contribution < -0.4 is 5.32 Å². The number of aromatic nitrogens is 4. The molecule has 1 atom stereocenters. The maximum Gasteiger partial charge on any atom is 0.412 e. The van der Waals surface area contributed by atoms with Gasteiger partial charge in [0, 0.05) is 18.7 Å². The van der Waals surface area contributed by atoms with Crippen molar-refractivity contribution in [1.82, 2.24) is 23.8 Å². The van der Waals surface area contributed by atoms with Crippen LogP contribution in [0.25, 0.3) is 10.8 Å². The number of nitrogens with zero attached hydrogens (tertiary/aromatic N) is 5. The fourth-order valence-corrected chi connectivity index (χ4v) is 4.16. The van der Waals surface area contributed by atoms with Crippen LogP contribution in [0.5, 0.6) is 0 Å². The fourth-order valence-electron chi connectivity index (χ4n) is 3.49. The molecule has 2 aromatic heterocycles. The molecule has 4 rings (SSSR count). The van der Waals surface area contributed by atoms with Crippen molar-refractivity contribution in [1.29, 1.82) is 0 Å². The summed E-state index contributed by atoms with van der Waals surface area (Å²) in [5, 5.41) is 3.25. The number of rotatable bonds is 3. The molecular formula is C19H19FN6O3S. The minimum atomic E-state index is -0.662. The zero-order chi connectivity index (χ0) is 21.4. The van der Waals surface area contributed by atoms with E-state index in [2.05, 4.69) is 19.7 Å². The van der Waals surface area contributed by atoms with Gasteiger partial charge in [0.15, 0.2) is 16.6 Å². The minimum absolute atomic E-state index is 0.229. The summed E-state index contributed by atoms with van der Waals surface area (Å²) in [5.74, 6) is 0.869. The number of amides is 2. The van der Waals surface area contributed by atoms with Gasteiger partial charge in [0.2, 0.25) is 0 Å². The number of fused-ring (bicyclic) bond motifs is 1. The number of hydrogen-bond acceptors (Lipinski definition) is 7. The summed E-state index contributed by atoms with van der Waals surface area (Å²) in [6.45, 7) is 4.52. The van der Waals surface area contributed by atoms with Crippen molar-refractivity contribution in [3.8, 4) is 10.8 Å². The number of halogens is 1. The van der Waals surface area contributed by atoms with Gasteiger partial charge < -0.3 is 14.2 Å². The van der Waals surface area contributed by atoms with Gasteiger partial charge in [0.25, 0.3) is 5.91 Å². The molecule has 1 aliphatic heterocycles. The third-order valence-electron chi connectivity index (χ3n) is 4.91. The molecule has 0 radical (unpaired) electrons. The van der Waals surface area contributed by atoms with Gasteiger partial charge in [0.1, 0.15) is 11.6 Å². The van der Waals surface area contributed by atoms with Gasteiger partial charge in [-0.25, -0.2) is 19.2 Å². The van der Waals surface area contributed by atoms with Crippen LogP contribution in [0.1, 0.15) is 34.8 Å². The Hall–Kier alpha value is -3.34. The topological polar surface area (TPSA) is 102 Å². The van der Waals surface area contributed by atoms with Crippen LogP contribution in [-0.4, -0.2) is 49.5 Å². The van der Waals surface area contributed by atoms with Crippen molar-refractivity contribution in [2.45, 2.75) is 26.4 Å². The Kier molecular flexibility index (Phi) is 5.20. The van der Waals surface area contributed by atoms with E-state index in [4.69, 9.17) is 4.74 Å². The molecule has 11 heteroatoms. The highest BCUT2D eigenvalue weighted by atomic mass is 32.1. The van der Waals surface area contributed by atoms with Crippen LogP contribution >= 0.6 is 11.5 Å². The highest BCUT2D eigenvalue weighted by Gasteiger charge is 2.35. The monoisotopic (exact) mass is 430 g/mol. The van der Waals surface area contributed by atoms with E-state index in [0.717, 1.165) is 0 Å². The molecular weight excluding hydrogens is 411 g/mol. The van der Waals surface area contributed by atoms with Crippen molar-refractivity contribution in [3.05, 3.63) is 47.2 Å². The zero-order valence-corrected chi connectivity index (χ0v) is 17.4. The molecule has 0 unspecified atom stereocenters. The summed E-state index contributed by atoms with van der Waals surface area (Å²) in [4.78, 5) is 35.5. The Morgan fingerprint density at radius 2 is 1.97 bits per heavy atom. The number of carbonyl (C=O) groups is 2. The van der Waals surface area contributed by atoms with Gasteiger partial charge in [-0.1, -0.05) is 0 Å². The van der Waals surface area contributed by atoms with Crippen molar-refractivity contribution < 1.29 is 18.7 Å². The van der Waals surface area contributed by atoms with Crippen LogP contribution in [-0.2, 0) is 11.3 Å². The second-order valence-electron chi connectivity index (χ2n) is 6.77. The maximum absolute atomic E-state index is 13.2. The Balaban J connectivity index is 1.74. The van der Waals surface area contributed by atoms with Crippen molar-refractivity contribution in [3.63, 3.8) is 0 Å². The molecule has 0 aliphatic carbocycles. The van der Waals surface area contributed by atoms with E-state index in [-0.39, 0.29) is 5.91 Å². The van der Waals surface area contributed by atoms with Gasteiger partial charge in [-0.3, -0.25) is 10.1 Å².